The lowest BCUT2D eigenvalue weighted by molar-refractivity contribution is -0.0498. The van der Waals surface area contributed by atoms with E-state index in [4.69, 9.17) is 4.74 Å². The zero-order valence-electron chi connectivity index (χ0n) is 13.6. The number of nitrogens with zero attached hydrogens (tertiary/aromatic N) is 2. The summed E-state index contributed by atoms with van der Waals surface area (Å²) in [6.07, 6.45) is 0. The smallest absolute Gasteiger partial charge is 0.387 e. The van der Waals surface area contributed by atoms with Crippen molar-refractivity contribution in [3.05, 3.63) is 29.8 Å². The molecule has 1 N–H and O–H groups in total. The van der Waals surface area contributed by atoms with E-state index in [1.54, 1.807) is 19.2 Å². The maximum atomic E-state index is 12.1. The van der Waals surface area contributed by atoms with Crippen LogP contribution in [0.25, 0.3) is 0 Å². The van der Waals surface area contributed by atoms with Gasteiger partial charge in [-0.05, 0) is 24.6 Å². The Morgan fingerprint density at radius 3 is 2.48 bits per heavy atom. The Bertz CT molecular complexity index is 459. The van der Waals surface area contributed by atoms with Crippen LogP contribution in [0, 0.1) is 0 Å². The average molecular weight is 443 g/mol. The number of ether oxygens (including phenoxy) is 2. The Kier molecular flexibility index (Phi) is 11.7. The Morgan fingerprint density at radius 2 is 1.96 bits per heavy atom. The second-order valence-electron chi connectivity index (χ2n) is 4.55. The van der Waals surface area contributed by atoms with Crippen LogP contribution in [0.4, 0.5) is 8.78 Å². The molecule has 5 nitrogen and oxygen atoms in total. The monoisotopic (exact) mass is 443 g/mol. The molecule has 8 heteroatoms. The number of benzene rings is 1. The molecule has 1 aromatic carbocycles. The highest BCUT2D eigenvalue weighted by Crippen LogP contribution is 2.15. The zero-order chi connectivity index (χ0) is 16.4. The molecule has 132 valence electrons. The van der Waals surface area contributed by atoms with Crippen molar-refractivity contribution in [1.82, 2.24) is 10.2 Å². The number of hydrogen-bond donors (Lipinski definition) is 1. The quantitative estimate of drug-likeness (QED) is 0.291. The van der Waals surface area contributed by atoms with Gasteiger partial charge in [-0.1, -0.05) is 12.1 Å². The summed E-state index contributed by atoms with van der Waals surface area (Å²) in [6, 6.07) is 6.56. The molecule has 0 amide bonds. The minimum absolute atomic E-state index is 0. The van der Waals surface area contributed by atoms with Gasteiger partial charge in [0.25, 0.3) is 0 Å². The third kappa shape index (κ3) is 8.89. The van der Waals surface area contributed by atoms with Crippen LogP contribution in [0.2, 0.25) is 0 Å². The molecule has 23 heavy (non-hydrogen) atoms. The van der Waals surface area contributed by atoms with Gasteiger partial charge in [0.15, 0.2) is 5.96 Å². The van der Waals surface area contributed by atoms with Crippen molar-refractivity contribution in [2.75, 3.05) is 33.9 Å². The second-order valence-corrected chi connectivity index (χ2v) is 4.55. The molecule has 0 aliphatic heterocycles. The summed E-state index contributed by atoms with van der Waals surface area (Å²) in [7, 11) is 3.61. The Hall–Kier alpha value is -1.16. The van der Waals surface area contributed by atoms with Crippen LogP contribution in [0.5, 0.6) is 5.75 Å². The number of guanidine groups is 1. The van der Waals surface area contributed by atoms with E-state index >= 15 is 0 Å². The lowest BCUT2D eigenvalue weighted by Crippen LogP contribution is -2.39. The first kappa shape index (κ1) is 21.8. The predicted octanol–water partition coefficient (Wildman–Crippen LogP) is 2.95. The van der Waals surface area contributed by atoms with Gasteiger partial charge >= 0.3 is 6.61 Å². The maximum absolute atomic E-state index is 12.1. The molecule has 1 aromatic rings. The van der Waals surface area contributed by atoms with Gasteiger partial charge in [0, 0.05) is 33.8 Å². The summed E-state index contributed by atoms with van der Waals surface area (Å²) >= 11 is 0. The topological polar surface area (TPSA) is 46.1 Å². The van der Waals surface area contributed by atoms with Crippen molar-refractivity contribution in [2.45, 2.75) is 20.1 Å². The van der Waals surface area contributed by atoms with E-state index in [1.165, 1.54) is 12.1 Å². The summed E-state index contributed by atoms with van der Waals surface area (Å²) in [5.74, 6) is 0.897. The third-order valence-electron chi connectivity index (χ3n) is 2.88. The van der Waals surface area contributed by atoms with Crippen molar-refractivity contribution in [2.24, 2.45) is 4.99 Å². The Balaban J connectivity index is 0.00000484. The number of halogens is 3. The van der Waals surface area contributed by atoms with E-state index in [-0.39, 0.29) is 29.7 Å². The summed E-state index contributed by atoms with van der Waals surface area (Å²) in [6.45, 7) is 1.71. The van der Waals surface area contributed by atoms with E-state index < -0.39 is 6.61 Å². The van der Waals surface area contributed by atoms with E-state index in [1.807, 2.05) is 18.9 Å². The fraction of sp³-hybridized carbons (Fsp3) is 0.533. The van der Waals surface area contributed by atoms with Crippen LogP contribution >= 0.6 is 24.0 Å². The van der Waals surface area contributed by atoms with Crippen molar-refractivity contribution in [3.63, 3.8) is 0 Å². The van der Waals surface area contributed by atoms with Gasteiger partial charge in [-0.3, -0.25) is 4.99 Å². The van der Waals surface area contributed by atoms with Crippen LogP contribution in [0.15, 0.2) is 29.3 Å². The molecule has 0 aliphatic rings. The van der Waals surface area contributed by atoms with Gasteiger partial charge in [0.05, 0.1) is 6.61 Å². The average Bonchev–Trinajstić information content (AvgIpc) is 2.49. The summed E-state index contributed by atoms with van der Waals surface area (Å²) in [4.78, 5) is 6.13. The van der Waals surface area contributed by atoms with Crippen LogP contribution < -0.4 is 10.1 Å². The van der Waals surface area contributed by atoms with Crippen molar-refractivity contribution < 1.29 is 18.3 Å². The minimum atomic E-state index is -2.80. The summed E-state index contributed by atoms with van der Waals surface area (Å²) in [5, 5.41) is 3.19. The van der Waals surface area contributed by atoms with Crippen LogP contribution in [-0.4, -0.2) is 51.3 Å². The standard InChI is InChI=1S/C15H23F2N3O2.HI/c1-4-21-10-9-19-15(18-2)20(3)11-12-5-7-13(8-6-12)22-14(16)17;/h5-8,14H,4,9-11H2,1-3H3,(H,18,19);1H. The van der Waals surface area contributed by atoms with Gasteiger partial charge in [0.1, 0.15) is 5.75 Å². The molecule has 0 fully saturated rings. The fourth-order valence-corrected chi connectivity index (χ4v) is 1.89. The van der Waals surface area contributed by atoms with E-state index in [0.29, 0.717) is 26.3 Å². The first-order valence-corrected chi connectivity index (χ1v) is 7.10. The van der Waals surface area contributed by atoms with Crippen molar-refractivity contribution in [3.8, 4) is 5.75 Å². The predicted molar refractivity (Wildman–Crippen MR) is 97.8 cm³/mol. The molecule has 0 saturated carbocycles. The SMILES string of the molecule is CCOCCNC(=NC)N(C)Cc1ccc(OC(F)F)cc1.I. The molecular formula is C15H24F2IN3O2. The number of hydrogen-bond acceptors (Lipinski definition) is 3. The highest BCUT2D eigenvalue weighted by Gasteiger charge is 2.07. The van der Waals surface area contributed by atoms with Crippen molar-refractivity contribution >= 4 is 29.9 Å². The molecule has 0 spiro atoms. The highest BCUT2D eigenvalue weighted by molar-refractivity contribution is 14.0. The lowest BCUT2D eigenvalue weighted by atomic mass is 10.2. The van der Waals surface area contributed by atoms with Crippen molar-refractivity contribution in [1.29, 1.82) is 0 Å². The van der Waals surface area contributed by atoms with E-state index in [0.717, 1.165) is 11.5 Å². The number of nitrogens with one attached hydrogen (secondary N) is 1. The largest absolute Gasteiger partial charge is 0.435 e. The van der Waals surface area contributed by atoms with E-state index in [2.05, 4.69) is 15.0 Å². The van der Waals surface area contributed by atoms with Gasteiger partial charge in [-0.15, -0.1) is 24.0 Å². The fourth-order valence-electron chi connectivity index (χ4n) is 1.89. The molecule has 0 heterocycles. The van der Waals surface area contributed by atoms with Crippen LogP contribution in [0.1, 0.15) is 12.5 Å². The molecular weight excluding hydrogens is 419 g/mol. The molecule has 0 radical (unpaired) electrons. The third-order valence-corrected chi connectivity index (χ3v) is 2.88. The second kappa shape index (κ2) is 12.3. The summed E-state index contributed by atoms with van der Waals surface area (Å²) < 4.78 is 33.8. The maximum Gasteiger partial charge on any atom is 0.387 e. The lowest BCUT2D eigenvalue weighted by Gasteiger charge is -2.22. The molecule has 0 aromatic heterocycles. The molecule has 0 saturated heterocycles. The first-order valence-electron chi connectivity index (χ1n) is 7.10. The number of aliphatic imine (C=N–C) groups is 1. The van der Waals surface area contributed by atoms with Gasteiger partial charge in [-0.25, -0.2) is 0 Å². The summed E-state index contributed by atoms with van der Waals surface area (Å²) in [5.41, 5.74) is 0.969. The Morgan fingerprint density at radius 1 is 1.30 bits per heavy atom. The molecule has 0 atom stereocenters. The van der Waals surface area contributed by atoms with E-state index in [9.17, 15) is 8.78 Å². The number of rotatable bonds is 8. The van der Waals surface area contributed by atoms with Gasteiger partial charge in [-0.2, -0.15) is 8.78 Å². The van der Waals surface area contributed by atoms with Gasteiger partial charge in [0.2, 0.25) is 0 Å². The minimum Gasteiger partial charge on any atom is -0.435 e. The van der Waals surface area contributed by atoms with Crippen LogP contribution in [0.3, 0.4) is 0 Å². The Labute approximate surface area is 153 Å². The molecule has 0 aliphatic carbocycles. The van der Waals surface area contributed by atoms with Crippen LogP contribution in [-0.2, 0) is 11.3 Å². The molecule has 1 rings (SSSR count). The number of alkyl halides is 2. The van der Waals surface area contributed by atoms with Gasteiger partial charge < -0.3 is 19.7 Å². The molecule has 0 unspecified atom stereocenters. The zero-order valence-corrected chi connectivity index (χ0v) is 15.9. The highest BCUT2D eigenvalue weighted by atomic mass is 127. The normalized spacial score (nSPS) is 11.1. The molecule has 0 bridgehead atoms. The first-order chi connectivity index (χ1) is 10.6.